The number of nitrogens with zero attached hydrogens (tertiary/aromatic N) is 8. The van der Waals surface area contributed by atoms with Crippen LogP contribution in [0.15, 0.2) is 59.5 Å². The summed E-state index contributed by atoms with van der Waals surface area (Å²) in [4.78, 5) is 61.6. The Balaban J connectivity index is 0.828. The van der Waals surface area contributed by atoms with Crippen LogP contribution in [0.3, 0.4) is 0 Å². The third kappa shape index (κ3) is 7.09. The van der Waals surface area contributed by atoms with Gasteiger partial charge in [-0.3, -0.25) is 38.4 Å². The van der Waals surface area contributed by atoms with E-state index in [9.17, 15) is 32.3 Å². The van der Waals surface area contributed by atoms with Gasteiger partial charge in [0.15, 0.2) is 0 Å². The first kappa shape index (κ1) is 37.8. The number of piperidine rings is 1. The van der Waals surface area contributed by atoms with Gasteiger partial charge >= 0.3 is 11.9 Å². The Morgan fingerprint density at radius 1 is 0.897 bits per heavy atom. The predicted octanol–water partition coefficient (Wildman–Crippen LogP) is 5.10. The lowest BCUT2D eigenvalue weighted by atomic mass is 9.85. The summed E-state index contributed by atoms with van der Waals surface area (Å²) in [6.07, 6.45) is 2.98. The molecule has 9 rings (SSSR count). The van der Waals surface area contributed by atoms with Gasteiger partial charge in [0.1, 0.15) is 17.4 Å². The Morgan fingerprint density at radius 2 is 1.64 bits per heavy atom. The summed E-state index contributed by atoms with van der Waals surface area (Å²) in [5, 5.41) is 11.0. The number of imide groups is 1. The Bertz CT molecular complexity index is 2470. The second-order valence-corrected chi connectivity index (χ2v) is 16.0. The van der Waals surface area contributed by atoms with Crippen LogP contribution in [0, 0.1) is 5.92 Å². The van der Waals surface area contributed by atoms with Crippen molar-refractivity contribution in [1.82, 2.24) is 34.1 Å². The number of fused-ring (bicyclic) bond motifs is 2. The van der Waals surface area contributed by atoms with E-state index in [2.05, 4.69) is 30.3 Å². The molecule has 58 heavy (non-hydrogen) atoms. The predicted molar refractivity (Wildman–Crippen MR) is 212 cm³/mol. The van der Waals surface area contributed by atoms with Crippen LogP contribution in [-0.2, 0) is 22.8 Å². The first-order valence-corrected chi connectivity index (χ1v) is 20.1. The SMILES string of the molecule is Cn1c(=O)n(C2CCC(=O)NC2=O)c2cccc(N3CCN(CC4CCC(n5cc6cc(NC(=O)c7cccc(C(F)(F)F)n7)c(N7CCC7)cc6n5)CC4)CC3)c21. The molecule has 3 aromatic heterocycles. The van der Waals surface area contributed by atoms with Crippen molar-refractivity contribution in [3.8, 4) is 0 Å². The normalized spacial score (nSPS) is 22.0. The molecule has 6 heterocycles. The number of amides is 3. The van der Waals surface area contributed by atoms with Crippen LogP contribution in [0.5, 0.6) is 0 Å². The zero-order valence-electron chi connectivity index (χ0n) is 32.2. The number of halogens is 3. The van der Waals surface area contributed by atoms with Crippen LogP contribution in [0.1, 0.15) is 73.2 Å². The lowest BCUT2D eigenvalue weighted by Crippen LogP contribution is -2.48. The summed E-state index contributed by atoms with van der Waals surface area (Å²) in [5.74, 6) is -0.898. The molecule has 0 bridgehead atoms. The van der Waals surface area contributed by atoms with Crippen LogP contribution in [0.2, 0.25) is 0 Å². The van der Waals surface area contributed by atoms with Gasteiger partial charge in [0.05, 0.1) is 39.7 Å². The molecule has 3 saturated heterocycles. The Hall–Kier alpha value is -5.71. The van der Waals surface area contributed by atoms with Crippen molar-refractivity contribution in [3.63, 3.8) is 0 Å². The number of anilines is 3. The number of para-hydroxylation sites is 1. The van der Waals surface area contributed by atoms with Crippen LogP contribution in [-0.4, -0.2) is 92.3 Å². The molecule has 4 fully saturated rings. The molecule has 17 heteroatoms. The highest BCUT2D eigenvalue weighted by Gasteiger charge is 2.35. The number of hydrogen-bond donors (Lipinski definition) is 2. The molecule has 1 atom stereocenters. The molecule has 1 saturated carbocycles. The number of imidazole rings is 1. The highest BCUT2D eigenvalue weighted by Crippen LogP contribution is 2.38. The van der Waals surface area contributed by atoms with Gasteiger partial charge < -0.3 is 15.1 Å². The van der Waals surface area contributed by atoms with Gasteiger partial charge in [-0.1, -0.05) is 12.1 Å². The van der Waals surface area contributed by atoms with E-state index < -0.39 is 29.7 Å². The minimum absolute atomic E-state index is 0.198. The lowest BCUT2D eigenvalue weighted by Gasteiger charge is -2.39. The quantitative estimate of drug-likeness (QED) is 0.205. The van der Waals surface area contributed by atoms with Crippen molar-refractivity contribution in [2.24, 2.45) is 13.0 Å². The summed E-state index contributed by atoms with van der Waals surface area (Å²) in [6, 6.07) is 12.5. The molecule has 5 aromatic rings. The number of piperazine rings is 1. The fourth-order valence-electron chi connectivity index (χ4n) is 9.12. The monoisotopic (exact) mass is 798 g/mol. The zero-order chi connectivity index (χ0) is 40.3. The fourth-order valence-corrected chi connectivity index (χ4v) is 9.12. The van der Waals surface area contributed by atoms with Crippen molar-refractivity contribution in [3.05, 3.63) is 76.6 Å². The molecule has 3 aliphatic heterocycles. The summed E-state index contributed by atoms with van der Waals surface area (Å²) < 4.78 is 45.1. The van der Waals surface area contributed by atoms with Gasteiger partial charge in [-0.2, -0.15) is 18.3 Å². The molecule has 0 spiro atoms. The first-order valence-electron chi connectivity index (χ1n) is 20.1. The molecule has 304 valence electrons. The molecule has 14 nitrogen and oxygen atoms in total. The number of aromatic nitrogens is 5. The average Bonchev–Trinajstić information content (AvgIpc) is 3.71. The summed E-state index contributed by atoms with van der Waals surface area (Å²) >= 11 is 0. The molecule has 4 aliphatic rings. The van der Waals surface area contributed by atoms with Crippen LogP contribution in [0.25, 0.3) is 21.9 Å². The lowest BCUT2D eigenvalue weighted by molar-refractivity contribution is -0.141. The Kier molecular flexibility index (Phi) is 9.73. The third-order valence-corrected chi connectivity index (χ3v) is 12.4. The van der Waals surface area contributed by atoms with E-state index in [0.29, 0.717) is 23.5 Å². The number of hydrogen-bond acceptors (Lipinski definition) is 9. The van der Waals surface area contributed by atoms with Crippen LogP contribution >= 0.6 is 0 Å². The minimum atomic E-state index is -4.65. The largest absolute Gasteiger partial charge is 0.433 e. The number of nitrogens with one attached hydrogen (secondary N) is 2. The average molecular weight is 799 g/mol. The van der Waals surface area contributed by atoms with Crippen LogP contribution < -0.4 is 26.1 Å². The smallest absolute Gasteiger partial charge is 0.370 e. The van der Waals surface area contributed by atoms with E-state index in [1.54, 1.807) is 11.6 Å². The number of carbonyl (C=O) groups excluding carboxylic acids is 3. The van der Waals surface area contributed by atoms with Crippen molar-refractivity contribution < 1.29 is 27.6 Å². The van der Waals surface area contributed by atoms with E-state index in [1.165, 1.54) is 16.7 Å². The number of benzene rings is 2. The molecular weight excluding hydrogens is 754 g/mol. The summed E-state index contributed by atoms with van der Waals surface area (Å²) in [5.41, 5.74) is 2.89. The van der Waals surface area contributed by atoms with Gasteiger partial charge in [0.2, 0.25) is 11.8 Å². The van der Waals surface area contributed by atoms with Crippen molar-refractivity contribution in [2.75, 3.05) is 60.9 Å². The second kappa shape index (κ2) is 14.9. The number of aryl methyl sites for hydroxylation is 1. The highest BCUT2D eigenvalue weighted by atomic mass is 19.4. The van der Waals surface area contributed by atoms with Gasteiger partial charge in [0, 0.05) is 70.9 Å². The van der Waals surface area contributed by atoms with E-state index >= 15 is 0 Å². The standard InChI is InChI=1S/C41H45F3N10O4/c1-49-37-31(6-3-7-32(37)54(40(49)58)33-13-14-36(55)47-39(33)57)52-19-17-50(18-20-52)23-25-9-11-27(12-10-25)53-24-26-21-30(34(22-29(26)48-53)51-15-4-16-51)46-38(56)28-5-2-8-35(45-28)41(42,43)44/h2-3,5-8,21-22,24-25,27,33H,4,9-20,23H2,1H3,(H,46,56)(H,47,55,57). The molecule has 2 aromatic carbocycles. The van der Waals surface area contributed by atoms with E-state index in [-0.39, 0.29) is 29.8 Å². The first-order chi connectivity index (χ1) is 27.9. The van der Waals surface area contributed by atoms with Gasteiger partial charge in [-0.05, 0) is 80.8 Å². The molecular formula is C41H45F3N10O4. The fraction of sp³-hybridized carbons (Fsp3) is 0.463. The maximum Gasteiger partial charge on any atom is 0.433 e. The number of pyridine rings is 1. The second-order valence-electron chi connectivity index (χ2n) is 16.0. The minimum Gasteiger partial charge on any atom is -0.370 e. The molecule has 1 unspecified atom stereocenters. The van der Waals surface area contributed by atoms with E-state index in [0.717, 1.165) is 112 Å². The molecule has 3 amide bonds. The van der Waals surface area contributed by atoms with Crippen molar-refractivity contribution >= 4 is 56.7 Å². The van der Waals surface area contributed by atoms with Gasteiger partial charge in [-0.15, -0.1) is 0 Å². The third-order valence-electron chi connectivity index (χ3n) is 12.4. The Morgan fingerprint density at radius 3 is 2.34 bits per heavy atom. The topological polar surface area (TPSA) is 143 Å². The Labute approximate surface area is 331 Å². The molecule has 0 radical (unpaired) electrons. The number of rotatable bonds is 8. The highest BCUT2D eigenvalue weighted by molar-refractivity contribution is 6.06. The maximum absolute atomic E-state index is 13.4. The maximum atomic E-state index is 13.4. The van der Waals surface area contributed by atoms with E-state index in [4.69, 9.17) is 5.10 Å². The number of carbonyl (C=O) groups is 3. The van der Waals surface area contributed by atoms with Crippen molar-refractivity contribution in [2.45, 2.75) is 63.2 Å². The van der Waals surface area contributed by atoms with Crippen LogP contribution in [0.4, 0.5) is 30.2 Å². The van der Waals surface area contributed by atoms with Crippen molar-refractivity contribution in [1.29, 1.82) is 0 Å². The summed E-state index contributed by atoms with van der Waals surface area (Å²) in [6.45, 7) is 6.05. The molecule has 2 N–H and O–H groups in total. The zero-order valence-corrected chi connectivity index (χ0v) is 32.2. The molecule has 1 aliphatic carbocycles. The number of alkyl halides is 3. The van der Waals surface area contributed by atoms with Gasteiger partial charge in [0.25, 0.3) is 5.91 Å². The van der Waals surface area contributed by atoms with E-state index in [1.807, 2.05) is 41.2 Å². The summed E-state index contributed by atoms with van der Waals surface area (Å²) in [7, 11) is 1.74. The van der Waals surface area contributed by atoms with Gasteiger partial charge in [-0.25, -0.2) is 9.78 Å².